The van der Waals surface area contributed by atoms with Crippen molar-refractivity contribution in [3.05, 3.63) is 23.4 Å². The van der Waals surface area contributed by atoms with Gasteiger partial charge >= 0.3 is 0 Å². The zero-order valence-electron chi connectivity index (χ0n) is 10.2. The highest BCUT2D eigenvalue weighted by Gasteiger charge is 2.23. The van der Waals surface area contributed by atoms with Gasteiger partial charge in [-0.1, -0.05) is 6.92 Å². The average molecular weight is 248 g/mol. The average Bonchev–Trinajstić information content (AvgIpc) is 2.73. The second-order valence-corrected chi connectivity index (χ2v) is 4.30. The van der Waals surface area contributed by atoms with Crippen molar-refractivity contribution in [3.8, 4) is 0 Å². The highest BCUT2D eigenvalue weighted by Crippen LogP contribution is 2.09. The fourth-order valence-electron chi connectivity index (χ4n) is 1.90. The minimum absolute atomic E-state index is 0.0382. The van der Waals surface area contributed by atoms with Crippen LogP contribution in [0.3, 0.4) is 0 Å². The van der Waals surface area contributed by atoms with Crippen LogP contribution >= 0.6 is 0 Å². The molecular weight excluding hydrogens is 232 g/mol. The fourth-order valence-corrected chi connectivity index (χ4v) is 1.90. The molecule has 2 heterocycles. The maximum Gasteiger partial charge on any atom is 0.251 e. The Morgan fingerprint density at radius 2 is 2.39 bits per heavy atom. The number of nitrogens with zero attached hydrogens (tertiary/aromatic N) is 1. The van der Waals surface area contributed by atoms with Gasteiger partial charge in [-0.25, -0.2) is 4.98 Å². The molecule has 0 radical (unpaired) electrons. The van der Waals surface area contributed by atoms with E-state index in [1.807, 2.05) is 6.92 Å². The lowest BCUT2D eigenvalue weighted by molar-refractivity contribution is -0.119. The quantitative estimate of drug-likeness (QED) is 0.692. The predicted molar refractivity (Wildman–Crippen MR) is 66.9 cm³/mol. The summed E-state index contributed by atoms with van der Waals surface area (Å²) in [5.74, 6) is 0.0733. The summed E-state index contributed by atoms with van der Waals surface area (Å²) < 4.78 is 0. The first-order chi connectivity index (χ1) is 8.58. The van der Waals surface area contributed by atoms with Crippen LogP contribution in [0.5, 0.6) is 0 Å². The van der Waals surface area contributed by atoms with Gasteiger partial charge in [0.25, 0.3) is 5.91 Å². The van der Waals surface area contributed by atoms with Crippen LogP contribution < -0.4 is 16.4 Å². The van der Waals surface area contributed by atoms with E-state index in [1.54, 1.807) is 12.1 Å². The number of pyridine rings is 1. The Morgan fingerprint density at radius 1 is 1.61 bits per heavy atom. The molecule has 1 saturated heterocycles. The molecule has 4 N–H and O–H groups in total. The van der Waals surface area contributed by atoms with Crippen molar-refractivity contribution >= 4 is 17.6 Å². The van der Waals surface area contributed by atoms with E-state index >= 15 is 0 Å². The number of anilines is 1. The van der Waals surface area contributed by atoms with Crippen LogP contribution in [0.4, 0.5) is 5.82 Å². The lowest BCUT2D eigenvalue weighted by Crippen LogP contribution is -2.36. The first kappa shape index (κ1) is 12.3. The summed E-state index contributed by atoms with van der Waals surface area (Å²) in [4.78, 5) is 27.1. The number of aromatic nitrogens is 1. The Labute approximate surface area is 105 Å². The number of nitrogens with two attached hydrogens (primary N) is 1. The molecule has 0 bridgehead atoms. The highest BCUT2D eigenvalue weighted by molar-refractivity contribution is 5.95. The highest BCUT2D eigenvalue weighted by atomic mass is 16.2. The summed E-state index contributed by atoms with van der Waals surface area (Å²) in [5, 5.41) is 5.47. The number of carbonyl (C=O) groups is 2. The molecule has 18 heavy (non-hydrogen) atoms. The van der Waals surface area contributed by atoms with E-state index in [0.717, 1.165) is 12.1 Å². The van der Waals surface area contributed by atoms with Crippen molar-refractivity contribution < 1.29 is 9.59 Å². The van der Waals surface area contributed by atoms with Crippen LogP contribution in [0.15, 0.2) is 12.1 Å². The maximum absolute atomic E-state index is 12.0. The van der Waals surface area contributed by atoms with Crippen molar-refractivity contribution in [3.63, 3.8) is 0 Å². The zero-order chi connectivity index (χ0) is 13.1. The molecular formula is C12H16N4O2. The van der Waals surface area contributed by atoms with E-state index in [-0.39, 0.29) is 17.9 Å². The lowest BCUT2D eigenvalue weighted by atomic mass is 10.1. The molecule has 2 amide bonds. The van der Waals surface area contributed by atoms with E-state index < -0.39 is 0 Å². The number of aryl methyl sites for hydroxylation is 1. The molecule has 1 aromatic rings. The van der Waals surface area contributed by atoms with E-state index in [1.165, 1.54) is 0 Å². The standard InChI is InChI=1S/C12H16N4O2/c1-2-8-3-7(4-10(13)15-8)12(18)16-9-5-11(17)14-6-9/h3-4,9H,2,5-6H2,1H3,(H2,13,15)(H,14,17)(H,16,18). The SMILES string of the molecule is CCc1cc(C(=O)NC2CNC(=O)C2)cc(N)n1. The normalized spacial score (nSPS) is 18.5. The molecule has 0 saturated carbocycles. The minimum atomic E-state index is -0.222. The summed E-state index contributed by atoms with van der Waals surface area (Å²) in [5.41, 5.74) is 6.91. The molecule has 1 aliphatic rings. The van der Waals surface area contributed by atoms with E-state index in [4.69, 9.17) is 5.73 Å². The molecule has 1 aromatic heterocycles. The summed E-state index contributed by atoms with van der Waals surface area (Å²) in [6.07, 6.45) is 1.04. The Kier molecular flexibility index (Phi) is 3.45. The number of rotatable bonds is 3. The molecule has 1 fully saturated rings. The number of hydrogen-bond acceptors (Lipinski definition) is 4. The van der Waals surface area contributed by atoms with Crippen molar-refractivity contribution in [2.45, 2.75) is 25.8 Å². The van der Waals surface area contributed by atoms with E-state index in [2.05, 4.69) is 15.6 Å². The summed E-state index contributed by atoms with van der Waals surface area (Å²) in [7, 11) is 0. The second kappa shape index (κ2) is 5.03. The summed E-state index contributed by atoms with van der Waals surface area (Å²) in [6.45, 7) is 2.43. The Balaban J connectivity index is 2.08. The first-order valence-corrected chi connectivity index (χ1v) is 5.92. The van der Waals surface area contributed by atoms with Gasteiger partial charge in [-0.3, -0.25) is 9.59 Å². The van der Waals surface area contributed by atoms with Gasteiger partial charge in [0.1, 0.15) is 5.82 Å². The molecule has 1 unspecified atom stereocenters. The third-order valence-corrected chi connectivity index (χ3v) is 2.84. The molecule has 1 aliphatic heterocycles. The zero-order valence-corrected chi connectivity index (χ0v) is 10.2. The Bertz CT molecular complexity index is 487. The van der Waals surface area contributed by atoms with Crippen LogP contribution in [0, 0.1) is 0 Å². The Hall–Kier alpha value is -2.11. The third-order valence-electron chi connectivity index (χ3n) is 2.84. The van der Waals surface area contributed by atoms with Crippen LogP contribution in [-0.2, 0) is 11.2 Å². The van der Waals surface area contributed by atoms with Gasteiger partial charge in [-0.05, 0) is 18.6 Å². The Morgan fingerprint density at radius 3 is 3.00 bits per heavy atom. The predicted octanol–water partition coefficient (Wildman–Crippen LogP) is -0.156. The van der Waals surface area contributed by atoms with E-state index in [0.29, 0.717) is 24.3 Å². The van der Waals surface area contributed by atoms with Crippen LogP contribution in [0.25, 0.3) is 0 Å². The van der Waals surface area contributed by atoms with Gasteiger partial charge in [0, 0.05) is 24.2 Å². The van der Waals surface area contributed by atoms with Gasteiger partial charge in [0.2, 0.25) is 5.91 Å². The fraction of sp³-hybridized carbons (Fsp3) is 0.417. The number of nitrogen functional groups attached to an aromatic ring is 1. The lowest BCUT2D eigenvalue weighted by Gasteiger charge is -2.11. The van der Waals surface area contributed by atoms with Crippen LogP contribution in [0.2, 0.25) is 0 Å². The second-order valence-electron chi connectivity index (χ2n) is 4.30. The molecule has 0 spiro atoms. The number of carbonyl (C=O) groups excluding carboxylic acids is 2. The number of hydrogen-bond donors (Lipinski definition) is 3. The number of nitrogens with one attached hydrogen (secondary N) is 2. The molecule has 6 nitrogen and oxygen atoms in total. The van der Waals surface area contributed by atoms with Crippen molar-refractivity contribution in [1.82, 2.24) is 15.6 Å². The van der Waals surface area contributed by atoms with Crippen LogP contribution in [-0.4, -0.2) is 29.4 Å². The topological polar surface area (TPSA) is 97.1 Å². The summed E-state index contributed by atoms with van der Waals surface area (Å²) >= 11 is 0. The van der Waals surface area contributed by atoms with Gasteiger partial charge in [-0.2, -0.15) is 0 Å². The molecule has 0 aliphatic carbocycles. The van der Waals surface area contributed by atoms with Crippen LogP contribution in [0.1, 0.15) is 29.4 Å². The molecule has 96 valence electrons. The molecule has 1 atom stereocenters. The van der Waals surface area contributed by atoms with Gasteiger partial charge in [-0.15, -0.1) is 0 Å². The monoisotopic (exact) mass is 248 g/mol. The van der Waals surface area contributed by atoms with Gasteiger partial charge in [0.15, 0.2) is 0 Å². The maximum atomic E-state index is 12.0. The largest absolute Gasteiger partial charge is 0.384 e. The van der Waals surface area contributed by atoms with Crippen molar-refractivity contribution in [2.24, 2.45) is 0 Å². The molecule has 6 heteroatoms. The summed E-state index contributed by atoms with van der Waals surface area (Å²) in [6, 6.07) is 3.11. The number of amides is 2. The smallest absolute Gasteiger partial charge is 0.251 e. The first-order valence-electron chi connectivity index (χ1n) is 5.92. The third kappa shape index (κ3) is 2.77. The van der Waals surface area contributed by atoms with E-state index in [9.17, 15) is 9.59 Å². The van der Waals surface area contributed by atoms with Crippen molar-refractivity contribution in [1.29, 1.82) is 0 Å². The van der Waals surface area contributed by atoms with Crippen molar-refractivity contribution in [2.75, 3.05) is 12.3 Å². The van der Waals surface area contributed by atoms with Gasteiger partial charge < -0.3 is 16.4 Å². The van der Waals surface area contributed by atoms with Gasteiger partial charge in [0.05, 0.1) is 6.04 Å². The minimum Gasteiger partial charge on any atom is -0.384 e. The molecule has 2 rings (SSSR count). The molecule has 0 aromatic carbocycles.